The fourth-order valence-electron chi connectivity index (χ4n) is 2.75. The maximum Gasteiger partial charge on any atom is 0.323 e. The second kappa shape index (κ2) is 6.45. The van der Waals surface area contributed by atoms with E-state index in [-0.39, 0.29) is 5.75 Å². The van der Waals surface area contributed by atoms with E-state index < -0.39 is 33.2 Å². The quantitative estimate of drug-likeness (QED) is 0.622. The van der Waals surface area contributed by atoms with Crippen LogP contribution in [-0.2, 0) is 9.84 Å². The highest BCUT2D eigenvalue weighted by Crippen LogP contribution is 2.25. The number of nitrogens with zero attached hydrogens (tertiary/aromatic N) is 1. The van der Waals surface area contributed by atoms with Crippen LogP contribution < -0.4 is 10.0 Å². The highest BCUT2D eigenvalue weighted by atomic mass is 32.2. The van der Waals surface area contributed by atoms with Gasteiger partial charge in [-0.2, -0.15) is 4.73 Å². The van der Waals surface area contributed by atoms with Crippen LogP contribution in [0.5, 0.6) is 5.75 Å². The molecule has 26 heavy (non-hydrogen) atoms. The van der Waals surface area contributed by atoms with Gasteiger partial charge in [0.05, 0.1) is 17.4 Å². The normalized spacial score (nSPS) is 18.0. The second-order valence-electron chi connectivity index (χ2n) is 6.33. The molecule has 2 heterocycles. The average Bonchev–Trinajstić information content (AvgIpc) is 2.88. The number of sulfone groups is 1. The Bertz CT molecular complexity index is 1000. The maximum absolute atomic E-state index is 12.3. The molecule has 2 N–H and O–H groups in total. The standard InChI is InChI=1S/C18H18N2O5S/c1-11-3-4-13(7-12(11)2)14-8-16(21)17(20(23)9-14)18(22)19-15-5-6-26(24,25)10-15/h3-9,15,21H,10H2,1-2H3,(H,19,22). The third kappa shape index (κ3) is 3.55. The van der Waals surface area contributed by atoms with E-state index in [0.29, 0.717) is 10.3 Å². The zero-order valence-corrected chi connectivity index (χ0v) is 15.1. The summed E-state index contributed by atoms with van der Waals surface area (Å²) < 4.78 is 23.1. The number of hydrogen-bond acceptors (Lipinski definition) is 5. The van der Waals surface area contributed by atoms with Crippen LogP contribution in [0.2, 0.25) is 0 Å². The number of aromatic nitrogens is 1. The molecule has 1 aromatic heterocycles. The van der Waals surface area contributed by atoms with Gasteiger partial charge >= 0.3 is 11.6 Å². The van der Waals surface area contributed by atoms with E-state index in [1.807, 2.05) is 32.0 Å². The van der Waals surface area contributed by atoms with Crippen LogP contribution in [0.1, 0.15) is 21.6 Å². The van der Waals surface area contributed by atoms with Crippen molar-refractivity contribution in [2.75, 3.05) is 5.75 Å². The number of pyridine rings is 1. The summed E-state index contributed by atoms with van der Waals surface area (Å²) in [5, 5.41) is 25.9. The molecule has 0 aliphatic carbocycles. The van der Waals surface area contributed by atoms with Crippen molar-refractivity contribution < 1.29 is 23.0 Å². The lowest BCUT2D eigenvalue weighted by atomic mass is 10.0. The van der Waals surface area contributed by atoms with Gasteiger partial charge in [-0.3, -0.25) is 4.79 Å². The number of amides is 1. The summed E-state index contributed by atoms with van der Waals surface area (Å²) in [6, 6.07) is 6.23. The topological polar surface area (TPSA) is 110 Å². The summed E-state index contributed by atoms with van der Waals surface area (Å²) in [4.78, 5) is 12.3. The first kappa shape index (κ1) is 17.9. The first-order chi connectivity index (χ1) is 12.2. The number of carbonyl (C=O) groups excluding carboxylic acids is 1. The zero-order valence-electron chi connectivity index (χ0n) is 14.3. The van der Waals surface area contributed by atoms with E-state index in [2.05, 4.69) is 5.32 Å². The van der Waals surface area contributed by atoms with Crippen LogP contribution in [-0.4, -0.2) is 31.2 Å². The molecular weight excluding hydrogens is 356 g/mol. The molecule has 1 unspecified atom stereocenters. The van der Waals surface area contributed by atoms with Gasteiger partial charge in [0.25, 0.3) is 0 Å². The SMILES string of the molecule is Cc1ccc(-c2cc(O)c(C(=O)NC3C=CS(=O)(=O)C3)[n+]([O-])c2)cc1C. The molecule has 136 valence electrons. The van der Waals surface area contributed by atoms with Gasteiger partial charge in [-0.15, -0.1) is 0 Å². The lowest BCUT2D eigenvalue weighted by molar-refractivity contribution is -0.607. The molecule has 1 aliphatic heterocycles. The summed E-state index contributed by atoms with van der Waals surface area (Å²) in [5.74, 6) is -1.58. The van der Waals surface area contributed by atoms with Gasteiger partial charge in [0.2, 0.25) is 0 Å². The largest absolute Gasteiger partial charge is 0.618 e. The van der Waals surface area contributed by atoms with E-state index in [0.717, 1.165) is 22.1 Å². The van der Waals surface area contributed by atoms with Crippen LogP contribution in [0.25, 0.3) is 11.1 Å². The van der Waals surface area contributed by atoms with E-state index in [9.17, 15) is 23.5 Å². The zero-order chi connectivity index (χ0) is 19.1. The molecule has 1 aromatic carbocycles. The minimum absolute atomic E-state index is 0.265. The Morgan fingerprint density at radius 3 is 2.54 bits per heavy atom. The van der Waals surface area contributed by atoms with Gasteiger partial charge in [0.15, 0.2) is 21.8 Å². The third-order valence-electron chi connectivity index (χ3n) is 4.31. The molecule has 0 saturated heterocycles. The predicted molar refractivity (Wildman–Crippen MR) is 96.2 cm³/mol. The molecule has 8 heteroatoms. The van der Waals surface area contributed by atoms with Gasteiger partial charge in [-0.05, 0) is 36.6 Å². The fraction of sp³-hybridized carbons (Fsp3) is 0.222. The molecule has 0 bridgehead atoms. The van der Waals surface area contributed by atoms with E-state index in [4.69, 9.17) is 0 Å². The number of hydrogen-bond donors (Lipinski definition) is 2. The Morgan fingerprint density at radius 2 is 1.96 bits per heavy atom. The lowest BCUT2D eigenvalue weighted by Gasteiger charge is -2.12. The Kier molecular flexibility index (Phi) is 4.45. The smallest absolute Gasteiger partial charge is 0.323 e. The van der Waals surface area contributed by atoms with Gasteiger partial charge in [-0.1, -0.05) is 18.2 Å². The van der Waals surface area contributed by atoms with Crippen LogP contribution in [0, 0.1) is 19.1 Å². The van der Waals surface area contributed by atoms with Gasteiger partial charge in [0.1, 0.15) is 0 Å². The molecule has 3 rings (SSSR count). The summed E-state index contributed by atoms with van der Waals surface area (Å²) in [5.41, 5.74) is 2.87. The molecule has 7 nitrogen and oxygen atoms in total. The van der Waals surface area contributed by atoms with Crippen LogP contribution in [0.15, 0.2) is 41.9 Å². The minimum Gasteiger partial charge on any atom is -0.618 e. The number of rotatable bonds is 3. The van der Waals surface area contributed by atoms with Crippen molar-refractivity contribution in [1.29, 1.82) is 0 Å². The van der Waals surface area contributed by atoms with Crippen molar-refractivity contribution in [2.24, 2.45) is 0 Å². The van der Waals surface area contributed by atoms with E-state index >= 15 is 0 Å². The molecule has 0 spiro atoms. The number of aromatic hydroxyl groups is 1. The second-order valence-corrected chi connectivity index (χ2v) is 8.26. The highest BCUT2D eigenvalue weighted by Gasteiger charge is 2.29. The first-order valence-corrected chi connectivity index (χ1v) is 9.63. The van der Waals surface area contributed by atoms with Crippen molar-refractivity contribution in [1.82, 2.24) is 5.32 Å². The first-order valence-electron chi connectivity index (χ1n) is 7.92. The summed E-state index contributed by atoms with van der Waals surface area (Å²) in [6.07, 6.45) is 2.54. The Balaban J connectivity index is 1.89. The fourth-order valence-corrected chi connectivity index (χ4v) is 3.99. The van der Waals surface area contributed by atoms with Gasteiger partial charge in [0, 0.05) is 11.5 Å². The maximum atomic E-state index is 12.3. The molecule has 1 amide bonds. The Labute approximate surface area is 151 Å². The van der Waals surface area contributed by atoms with Crippen LogP contribution in [0.4, 0.5) is 0 Å². The summed E-state index contributed by atoms with van der Waals surface area (Å²) in [7, 11) is -3.34. The van der Waals surface area contributed by atoms with Crippen LogP contribution in [0.3, 0.4) is 0 Å². The lowest BCUT2D eigenvalue weighted by Crippen LogP contribution is -2.43. The third-order valence-corrected chi connectivity index (χ3v) is 5.71. The Morgan fingerprint density at radius 1 is 1.23 bits per heavy atom. The molecule has 2 aromatic rings. The van der Waals surface area contributed by atoms with Crippen molar-refractivity contribution >= 4 is 15.7 Å². The number of benzene rings is 1. The molecule has 1 atom stereocenters. The van der Waals surface area contributed by atoms with Gasteiger partial charge < -0.3 is 15.6 Å². The molecule has 0 saturated carbocycles. The molecule has 1 aliphatic rings. The minimum atomic E-state index is -3.34. The molecule has 0 fully saturated rings. The van der Waals surface area contributed by atoms with Crippen molar-refractivity contribution in [2.45, 2.75) is 19.9 Å². The predicted octanol–water partition coefficient (Wildman–Crippen LogP) is 1.35. The number of nitrogens with one attached hydrogen (secondary N) is 1. The summed E-state index contributed by atoms with van der Waals surface area (Å²) in [6.45, 7) is 3.91. The van der Waals surface area contributed by atoms with Crippen molar-refractivity contribution in [3.05, 3.63) is 64.0 Å². The summed E-state index contributed by atoms with van der Waals surface area (Å²) >= 11 is 0. The monoisotopic (exact) mass is 374 g/mol. The molecule has 0 radical (unpaired) electrons. The van der Waals surface area contributed by atoms with Gasteiger partial charge in [-0.25, -0.2) is 8.42 Å². The molecular formula is C18H18N2O5S. The number of carbonyl (C=O) groups is 1. The average molecular weight is 374 g/mol. The van der Waals surface area contributed by atoms with E-state index in [1.165, 1.54) is 18.3 Å². The van der Waals surface area contributed by atoms with E-state index in [1.54, 1.807) is 0 Å². The van der Waals surface area contributed by atoms with Crippen molar-refractivity contribution in [3.8, 4) is 16.9 Å². The highest BCUT2D eigenvalue weighted by molar-refractivity contribution is 7.94. The Hall–Kier alpha value is -2.87. The number of aryl methyl sites for hydroxylation is 2. The van der Waals surface area contributed by atoms with Crippen molar-refractivity contribution in [3.63, 3.8) is 0 Å². The van der Waals surface area contributed by atoms with Crippen LogP contribution >= 0.6 is 0 Å².